The number of fused-ring (bicyclic) bond motifs is 1. The van der Waals surface area contributed by atoms with E-state index in [0.29, 0.717) is 24.4 Å². The van der Waals surface area contributed by atoms with E-state index in [0.717, 1.165) is 88.5 Å². The number of carbonyl (C=O) groups excluding carboxylic acids is 1. The molecule has 1 aromatic heterocycles. The highest BCUT2D eigenvalue weighted by Gasteiger charge is 2.40. The van der Waals surface area contributed by atoms with E-state index in [1.807, 2.05) is 25.1 Å². The first-order valence-corrected chi connectivity index (χ1v) is 20.7. The van der Waals surface area contributed by atoms with Gasteiger partial charge in [0.2, 0.25) is 5.70 Å². The number of benzene rings is 2. The molecule has 11 nitrogen and oxygen atoms in total. The Kier molecular flexibility index (Phi) is 15.5. The average Bonchev–Trinajstić information content (AvgIpc) is 3.74. The minimum Gasteiger partial charge on any atom is -0.494 e. The molecule has 1 fully saturated rings. The Bertz CT molecular complexity index is 2010. The van der Waals surface area contributed by atoms with Gasteiger partial charge in [-0.1, -0.05) is 72.6 Å². The second kappa shape index (κ2) is 20.5. The smallest absolute Gasteiger partial charge is 0.494 e. The van der Waals surface area contributed by atoms with Gasteiger partial charge >= 0.3 is 12.3 Å². The number of carbonyl (C=O) groups is 1. The number of aryl methyl sites for hydroxylation is 1. The Morgan fingerprint density at radius 2 is 1.71 bits per heavy atom. The van der Waals surface area contributed by atoms with Crippen LogP contribution in [0, 0.1) is 25.3 Å². The molecule has 58 heavy (non-hydrogen) atoms. The number of ether oxygens (including phenoxy) is 3. The largest absolute Gasteiger partial charge is 0.573 e. The number of unbranched alkanes of at least 4 members (excludes halogenated alkanes) is 6. The normalized spacial score (nSPS) is 18.8. The van der Waals surface area contributed by atoms with Crippen molar-refractivity contribution in [3.05, 3.63) is 64.9 Å². The molecule has 1 saturated carbocycles. The molecule has 2 aromatic carbocycles. The molecule has 2 aliphatic rings. The molecule has 0 saturated heterocycles. The topological polar surface area (TPSA) is 108 Å². The number of esters is 1. The molecule has 0 radical (unpaired) electrons. The Balaban J connectivity index is 1.59. The molecule has 0 amide bonds. The van der Waals surface area contributed by atoms with Gasteiger partial charge < -0.3 is 19.1 Å². The molecule has 2 unspecified atom stereocenters. The molecule has 0 N–H and O–H groups in total. The number of rotatable bonds is 19. The van der Waals surface area contributed by atoms with Crippen molar-refractivity contribution in [3.63, 3.8) is 0 Å². The van der Waals surface area contributed by atoms with Crippen molar-refractivity contribution in [2.45, 2.75) is 125 Å². The molecule has 0 bridgehead atoms. The van der Waals surface area contributed by atoms with Crippen molar-refractivity contribution in [3.8, 4) is 17.1 Å². The molecule has 1 aliphatic carbocycles. The highest BCUT2D eigenvalue weighted by Crippen LogP contribution is 2.39. The summed E-state index contributed by atoms with van der Waals surface area (Å²) in [6, 6.07) is 10.6. The van der Waals surface area contributed by atoms with Crippen LogP contribution in [0.1, 0.15) is 117 Å². The van der Waals surface area contributed by atoms with Gasteiger partial charge in [0.25, 0.3) is 0 Å². The predicted molar refractivity (Wildman–Crippen MR) is 222 cm³/mol. The third kappa shape index (κ3) is 11.0. The number of hydrogen-bond donors (Lipinski definition) is 0. The maximum atomic E-state index is 14.2. The molecule has 5 rings (SSSR count). The molecule has 0 spiro atoms. The number of allylic oxidation sites excluding steroid dienone is 1. The number of anilines is 1. The SMILES string of the molecule is [C-]#[N+]C1=C(C(=O)OC2C(C)CCCC2C)c2nc(-c3cc(OCCCCCCCC)ccc3/N=C\OC(F)(F)F)nn2/C1=N/c1ccc(N(CC)CCCC)cc1C. The summed E-state index contributed by atoms with van der Waals surface area (Å²) in [5.74, 6) is 0.108. The van der Waals surface area contributed by atoms with E-state index in [2.05, 4.69) is 54.1 Å². The molecule has 2 atom stereocenters. The quantitative estimate of drug-likeness (QED) is 0.0390. The Hall–Kier alpha value is -5.19. The number of aromatic nitrogens is 3. The lowest BCUT2D eigenvalue weighted by Crippen LogP contribution is -2.35. The lowest BCUT2D eigenvalue weighted by molar-refractivity contribution is -0.280. The highest BCUT2D eigenvalue weighted by molar-refractivity contribution is 6.29. The first-order chi connectivity index (χ1) is 27.9. The number of hydrogen-bond acceptors (Lipinski definition) is 9. The van der Waals surface area contributed by atoms with E-state index in [9.17, 15) is 18.0 Å². The third-order valence-electron chi connectivity index (χ3n) is 10.8. The van der Waals surface area contributed by atoms with Gasteiger partial charge in [0.1, 0.15) is 17.4 Å². The Morgan fingerprint density at radius 1 is 1.00 bits per heavy atom. The third-order valence-corrected chi connectivity index (χ3v) is 10.8. The minimum atomic E-state index is -4.94. The van der Waals surface area contributed by atoms with Gasteiger partial charge in [-0.25, -0.2) is 29.3 Å². The lowest BCUT2D eigenvalue weighted by Gasteiger charge is -2.34. The van der Waals surface area contributed by atoms with E-state index in [-0.39, 0.29) is 57.9 Å². The first kappa shape index (κ1) is 43.9. The van der Waals surface area contributed by atoms with Gasteiger partial charge in [-0.3, -0.25) is 0 Å². The van der Waals surface area contributed by atoms with Crippen LogP contribution in [0.25, 0.3) is 21.8 Å². The fourth-order valence-electron chi connectivity index (χ4n) is 7.52. The number of halogens is 3. The summed E-state index contributed by atoms with van der Waals surface area (Å²) in [5.41, 5.74) is 2.62. The van der Waals surface area contributed by atoms with Crippen molar-refractivity contribution >= 4 is 40.8 Å². The van der Waals surface area contributed by atoms with Crippen molar-refractivity contribution in [2.75, 3.05) is 24.6 Å². The zero-order chi connectivity index (χ0) is 41.8. The second-order valence-electron chi connectivity index (χ2n) is 15.2. The summed E-state index contributed by atoms with van der Waals surface area (Å²) >= 11 is 0. The first-order valence-electron chi connectivity index (χ1n) is 20.7. The summed E-state index contributed by atoms with van der Waals surface area (Å²) in [5, 5.41) is 4.75. The monoisotopic (exact) mass is 803 g/mol. The summed E-state index contributed by atoms with van der Waals surface area (Å²) in [6.07, 6.45) is 6.44. The van der Waals surface area contributed by atoms with Crippen molar-refractivity contribution in [1.29, 1.82) is 0 Å². The van der Waals surface area contributed by atoms with Crippen LogP contribution in [0.4, 0.5) is 30.2 Å². The van der Waals surface area contributed by atoms with Gasteiger partial charge in [0.15, 0.2) is 23.9 Å². The van der Waals surface area contributed by atoms with E-state index in [1.54, 1.807) is 12.1 Å². The van der Waals surface area contributed by atoms with Crippen molar-refractivity contribution < 1.29 is 32.2 Å². The van der Waals surface area contributed by atoms with Crippen LogP contribution < -0.4 is 9.64 Å². The van der Waals surface area contributed by atoms with Crippen LogP contribution in [0.5, 0.6) is 5.75 Å². The van der Waals surface area contributed by atoms with Gasteiger partial charge in [-0.05, 0) is 93.3 Å². The highest BCUT2D eigenvalue weighted by atomic mass is 19.4. The number of alkyl halides is 3. The molecule has 14 heteroatoms. The van der Waals surface area contributed by atoms with Crippen LogP contribution in [0.15, 0.2) is 52.1 Å². The van der Waals surface area contributed by atoms with Crippen LogP contribution in [0.3, 0.4) is 0 Å². The lowest BCUT2D eigenvalue weighted by atomic mass is 9.80. The molecular formula is C44H56F3N7O4. The maximum Gasteiger partial charge on any atom is 0.573 e. The van der Waals surface area contributed by atoms with Crippen LogP contribution in [-0.2, 0) is 14.3 Å². The van der Waals surface area contributed by atoms with Crippen LogP contribution in [0.2, 0.25) is 0 Å². The molecular weight excluding hydrogens is 748 g/mol. The summed E-state index contributed by atoms with van der Waals surface area (Å²) in [7, 11) is 0. The number of nitrogens with zero attached hydrogens (tertiary/aromatic N) is 7. The molecule has 3 aromatic rings. The van der Waals surface area contributed by atoms with Crippen LogP contribution >= 0.6 is 0 Å². The fourth-order valence-corrected chi connectivity index (χ4v) is 7.52. The molecule has 1 aliphatic heterocycles. The van der Waals surface area contributed by atoms with Gasteiger partial charge in [-0.2, -0.15) is 0 Å². The second-order valence-corrected chi connectivity index (χ2v) is 15.2. The van der Waals surface area contributed by atoms with Crippen molar-refractivity contribution in [2.24, 2.45) is 21.8 Å². The van der Waals surface area contributed by atoms with E-state index in [4.69, 9.17) is 31.1 Å². The molecule has 312 valence electrons. The zero-order valence-electron chi connectivity index (χ0n) is 34.6. The minimum absolute atomic E-state index is 0.0298. The predicted octanol–water partition coefficient (Wildman–Crippen LogP) is 11.4. The summed E-state index contributed by atoms with van der Waals surface area (Å²) < 4.78 is 56.3. The Morgan fingerprint density at radius 3 is 2.38 bits per heavy atom. The van der Waals surface area contributed by atoms with Gasteiger partial charge in [0, 0.05) is 18.8 Å². The summed E-state index contributed by atoms with van der Waals surface area (Å²) in [6.45, 7) is 22.9. The Labute approximate surface area is 340 Å². The van der Waals surface area contributed by atoms with E-state index in [1.165, 1.54) is 17.2 Å². The van der Waals surface area contributed by atoms with Crippen molar-refractivity contribution in [1.82, 2.24) is 14.8 Å². The fraction of sp³-hybridized carbons (Fsp3) is 0.545. The average molecular weight is 804 g/mol. The van der Waals surface area contributed by atoms with Crippen LogP contribution in [-0.4, -0.2) is 65.1 Å². The zero-order valence-corrected chi connectivity index (χ0v) is 34.6. The maximum absolute atomic E-state index is 14.2. The number of aliphatic imine (C=N–C) groups is 2. The summed E-state index contributed by atoms with van der Waals surface area (Å²) in [4.78, 5) is 34.0. The molecule has 2 heterocycles. The standard InChI is InChI=1S/C44H56F3N7O4/c1-8-11-13-14-15-16-25-56-33-21-23-36(49-28-57-44(45,46)47)34(27-33)40-51-41-37(43(55)58-39-29(4)18-17-19-30(39)5)38(48-7)42(54(41)52-40)50-35-22-20-32(26-31(35)6)53(10-3)24-12-9-2/h20-23,26-30,39H,8-19,24-25H2,1-6H3/b49-28-,50-42+. The van der Waals surface area contributed by atoms with E-state index >= 15 is 0 Å². The van der Waals surface area contributed by atoms with Gasteiger partial charge in [-0.15, -0.1) is 18.3 Å². The van der Waals surface area contributed by atoms with E-state index < -0.39 is 12.3 Å². The van der Waals surface area contributed by atoms with Gasteiger partial charge in [0.05, 0.1) is 30.1 Å².